The van der Waals surface area contributed by atoms with Crippen LogP contribution in [0.4, 0.5) is 0 Å². The van der Waals surface area contributed by atoms with E-state index in [0.717, 1.165) is 31.1 Å². The van der Waals surface area contributed by atoms with Crippen molar-refractivity contribution in [1.82, 2.24) is 10.6 Å². The van der Waals surface area contributed by atoms with Crippen LogP contribution in [0.25, 0.3) is 0 Å². The van der Waals surface area contributed by atoms with Crippen LogP contribution in [0.15, 0.2) is 18.2 Å². The highest BCUT2D eigenvalue weighted by Gasteiger charge is 2.22. The first-order valence-electron chi connectivity index (χ1n) is 7.85. The molecule has 1 amide bonds. The zero-order chi connectivity index (χ0) is 13.9. The molecule has 116 valence electrons. The van der Waals surface area contributed by atoms with E-state index in [-0.39, 0.29) is 18.3 Å². The fraction of sp³-hybridized carbons (Fsp3) is 0.588. The minimum atomic E-state index is 0. The Morgan fingerprint density at radius 1 is 1.24 bits per heavy atom. The van der Waals surface area contributed by atoms with Gasteiger partial charge in [0.2, 0.25) is 0 Å². The van der Waals surface area contributed by atoms with Gasteiger partial charge in [-0.3, -0.25) is 4.79 Å². The highest BCUT2D eigenvalue weighted by Crippen LogP contribution is 2.29. The summed E-state index contributed by atoms with van der Waals surface area (Å²) >= 11 is 0. The third-order valence-electron chi connectivity index (χ3n) is 4.91. The molecule has 2 N–H and O–H groups in total. The van der Waals surface area contributed by atoms with Crippen molar-refractivity contribution in [2.45, 2.75) is 45.7 Å². The number of hydrogen-bond acceptors (Lipinski definition) is 2. The number of nitrogens with one attached hydrogen (secondary N) is 2. The fourth-order valence-corrected chi connectivity index (χ4v) is 3.46. The average molecular weight is 309 g/mol. The molecular weight excluding hydrogens is 284 g/mol. The third kappa shape index (κ3) is 3.78. The number of carbonyl (C=O) groups is 1. The predicted molar refractivity (Wildman–Crippen MR) is 87.7 cm³/mol. The molecule has 1 fully saturated rings. The van der Waals surface area contributed by atoms with E-state index < -0.39 is 0 Å². The predicted octanol–water partition coefficient (Wildman–Crippen LogP) is 3.27. The van der Waals surface area contributed by atoms with Gasteiger partial charge < -0.3 is 10.6 Å². The van der Waals surface area contributed by atoms with Gasteiger partial charge in [-0.05, 0) is 41.5 Å². The lowest BCUT2D eigenvalue weighted by Crippen LogP contribution is -2.33. The largest absolute Gasteiger partial charge is 0.352 e. The van der Waals surface area contributed by atoms with Crippen molar-refractivity contribution >= 4 is 18.3 Å². The van der Waals surface area contributed by atoms with Crippen molar-refractivity contribution < 1.29 is 4.79 Å². The molecule has 1 saturated carbocycles. The molecule has 2 aliphatic rings. The Morgan fingerprint density at radius 3 is 2.81 bits per heavy atom. The lowest BCUT2D eigenvalue weighted by molar-refractivity contribution is 0.0936. The number of carbonyl (C=O) groups excluding carboxylic acids is 1. The van der Waals surface area contributed by atoms with Crippen molar-refractivity contribution in [3.63, 3.8) is 0 Å². The van der Waals surface area contributed by atoms with Gasteiger partial charge in [-0.2, -0.15) is 0 Å². The van der Waals surface area contributed by atoms with Crippen molar-refractivity contribution in [1.29, 1.82) is 0 Å². The van der Waals surface area contributed by atoms with Gasteiger partial charge in [0.15, 0.2) is 0 Å². The molecular formula is C17H25ClN2O. The van der Waals surface area contributed by atoms with E-state index in [0.29, 0.717) is 5.92 Å². The van der Waals surface area contributed by atoms with Gasteiger partial charge in [0.05, 0.1) is 0 Å². The van der Waals surface area contributed by atoms with E-state index in [1.165, 1.54) is 36.8 Å². The quantitative estimate of drug-likeness (QED) is 0.900. The van der Waals surface area contributed by atoms with E-state index in [9.17, 15) is 4.79 Å². The Balaban J connectivity index is 0.00000161. The molecule has 0 spiro atoms. The summed E-state index contributed by atoms with van der Waals surface area (Å²) in [6.07, 6.45) is 5.24. The maximum absolute atomic E-state index is 12.3. The number of amides is 1. The molecule has 0 saturated heterocycles. The zero-order valence-electron chi connectivity index (χ0n) is 12.7. The molecule has 0 bridgehead atoms. The van der Waals surface area contributed by atoms with Crippen molar-refractivity contribution in [3.8, 4) is 0 Å². The van der Waals surface area contributed by atoms with Crippen molar-refractivity contribution in [3.05, 3.63) is 34.9 Å². The second-order valence-corrected chi connectivity index (χ2v) is 6.32. The molecule has 3 rings (SSSR count). The van der Waals surface area contributed by atoms with Gasteiger partial charge in [0.1, 0.15) is 0 Å². The van der Waals surface area contributed by atoms with Crippen molar-refractivity contribution in [2.75, 3.05) is 6.54 Å². The Bertz CT molecular complexity index is 504. The van der Waals surface area contributed by atoms with Gasteiger partial charge in [0, 0.05) is 25.2 Å². The molecule has 2 unspecified atom stereocenters. The van der Waals surface area contributed by atoms with Gasteiger partial charge >= 0.3 is 0 Å². The van der Waals surface area contributed by atoms with E-state index >= 15 is 0 Å². The summed E-state index contributed by atoms with van der Waals surface area (Å²) in [5, 5.41) is 6.44. The summed E-state index contributed by atoms with van der Waals surface area (Å²) < 4.78 is 0. The number of rotatable bonds is 3. The van der Waals surface area contributed by atoms with Crippen LogP contribution in [0.5, 0.6) is 0 Å². The molecule has 0 aromatic heterocycles. The van der Waals surface area contributed by atoms with Crippen molar-refractivity contribution in [2.24, 2.45) is 11.8 Å². The first kappa shape index (κ1) is 16.3. The van der Waals surface area contributed by atoms with Crippen LogP contribution in [0, 0.1) is 11.8 Å². The number of hydrogen-bond donors (Lipinski definition) is 2. The van der Waals surface area contributed by atoms with E-state index in [1.54, 1.807) is 0 Å². The van der Waals surface area contributed by atoms with Gasteiger partial charge in [-0.1, -0.05) is 32.3 Å². The maximum atomic E-state index is 12.3. The second kappa shape index (κ2) is 7.28. The number of halogens is 1. The Hall–Kier alpha value is -1.06. The van der Waals surface area contributed by atoms with Crippen LogP contribution in [-0.4, -0.2) is 12.5 Å². The molecule has 3 nitrogen and oxygen atoms in total. The summed E-state index contributed by atoms with van der Waals surface area (Å²) in [6, 6.07) is 6.06. The molecule has 21 heavy (non-hydrogen) atoms. The van der Waals surface area contributed by atoms with Gasteiger partial charge in [0.25, 0.3) is 5.91 Å². The molecule has 0 radical (unpaired) electrons. The van der Waals surface area contributed by atoms with Crippen LogP contribution in [0.3, 0.4) is 0 Å². The normalized spacial score (nSPS) is 24.0. The molecule has 1 aliphatic carbocycles. The van der Waals surface area contributed by atoms with Crippen LogP contribution in [0.1, 0.15) is 54.1 Å². The second-order valence-electron chi connectivity index (χ2n) is 6.32. The summed E-state index contributed by atoms with van der Waals surface area (Å²) in [5.74, 6) is 1.48. The summed E-state index contributed by atoms with van der Waals surface area (Å²) in [4.78, 5) is 12.3. The molecule has 1 aromatic rings. The molecule has 2 atom stereocenters. The smallest absolute Gasteiger partial charge is 0.251 e. The Morgan fingerprint density at radius 2 is 2.00 bits per heavy atom. The number of benzene rings is 1. The first-order chi connectivity index (χ1) is 9.74. The van der Waals surface area contributed by atoms with Crippen LogP contribution in [0.2, 0.25) is 0 Å². The number of fused-ring (bicyclic) bond motifs is 1. The lowest BCUT2D eigenvalue weighted by Gasteiger charge is -2.28. The summed E-state index contributed by atoms with van der Waals surface area (Å²) in [5.41, 5.74) is 3.39. The van der Waals surface area contributed by atoms with E-state index in [4.69, 9.17) is 0 Å². The van der Waals surface area contributed by atoms with E-state index in [1.807, 2.05) is 12.1 Å². The average Bonchev–Trinajstić information content (AvgIpc) is 2.93. The summed E-state index contributed by atoms with van der Waals surface area (Å²) in [6.45, 7) is 4.96. The van der Waals surface area contributed by atoms with Crippen LogP contribution in [-0.2, 0) is 13.1 Å². The Kier molecular flexibility index (Phi) is 5.65. The Labute approximate surface area is 133 Å². The topological polar surface area (TPSA) is 41.1 Å². The minimum Gasteiger partial charge on any atom is -0.352 e. The lowest BCUT2D eigenvalue weighted by atomic mass is 9.80. The molecule has 1 aromatic carbocycles. The van der Waals surface area contributed by atoms with Crippen LogP contribution < -0.4 is 10.6 Å². The third-order valence-corrected chi connectivity index (χ3v) is 4.91. The first-order valence-corrected chi connectivity index (χ1v) is 7.85. The molecule has 4 heteroatoms. The maximum Gasteiger partial charge on any atom is 0.251 e. The fourth-order valence-electron chi connectivity index (χ4n) is 3.46. The van der Waals surface area contributed by atoms with Gasteiger partial charge in [-0.25, -0.2) is 0 Å². The highest BCUT2D eigenvalue weighted by atomic mass is 35.5. The van der Waals surface area contributed by atoms with E-state index in [2.05, 4.69) is 23.6 Å². The monoisotopic (exact) mass is 308 g/mol. The SMILES string of the molecule is CC1CCCCC1CNC(=O)c1ccc2c(c1)CNC2.Cl. The minimum absolute atomic E-state index is 0. The molecule has 1 heterocycles. The molecule has 1 aliphatic heterocycles. The summed E-state index contributed by atoms with van der Waals surface area (Å²) in [7, 11) is 0. The standard InChI is InChI=1S/C17H24N2O.ClH/c1-12-4-2-3-5-14(12)11-19-17(20)13-6-7-15-9-18-10-16(15)8-13;/h6-8,12,14,18H,2-5,9-11H2,1H3,(H,19,20);1H. The van der Waals surface area contributed by atoms with Gasteiger partial charge in [-0.15, -0.1) is 12.4 Å². The van der Waals surface area contributed by atoms with Crippen LogP contribution >= 0.6 is 12.4 Å². The zero-order valence-corrected chi connectivity index (χ0v) is 13.5. The highest BCUT2D eigenvalue weighted by molar-refractivity contribution is 5.94.